The molecule has 6 nitrogen and oxygen atoms in total. The van der Waals surface area contributed by atoms with Gasteiger partial charge in [0.1, 0.15) is 10.6 Å². The summed E-state index contributed by atoms with van der Waals surface area (Å²) in [5.41, 5.74) is 3.62. The van der Waals surface area contributed by atoms with Gasteiger partial charge in [0.15, 0.2) is 5.16 Å². The van der Waals surface area contributed by atoms with E-state index < -0.39 is 0 Å². The highest BCUT2D eigenvalue weighted by Crippen LogP contribution is 2.32. The predicted octanol–water partition coefficient (Wildman–Crippen LogP) is 5.90. The number of aromatic amines is 1. The van der Waals surface area contributed by atoms with Gasteiger partial charge < -0.3 is 15.0 Å². The summed E-state index contributed by atoms with van der Waals surface area (Å²) in [6.45, 7) is 6.82. The van der Waals surface area contributed by atoms with Crippen LogP contribution in [0, 0.1) is 0 Å². The molecule has 0 aliphatic rings. The van der Waals surface area contributed by atoms with Gasteiger partial charge in [-0.1, -0.05) is 49.9 Å². The van der Waals surface area contributed by atoms with Crippen molar-refractivity contribution < 1.29 is 9.53 Å². The first-order chi connectivity index (χ1) is 15.9. The molecule has 0 unspecified atom stereocenters. The fourth-order valence-corrected chi connectivity index (χ4v) is 5.06. The Labute approximate surface area is 200 Å². The number of H-pyrrole nitrogens is 1. The molecule has 0 saturated carbocycles. The zero-order valence-corrected chi connectivity index (χ0v) is 20.3. The van der Waals surface area contributed by atoms with Crippen LogP contribution < -0.4 is 15.6 Å². The standard InChI is InChI=1S/C25H25N3O3S2/c1-4-31-19-11-9-18(10-12-19)26-21(29)14-33-25-27-23(30)22-20(13-32-24(22)28-25)17-7-5-16(6-8-17)15(2)3/h5-13,15H,4,14H2,1-3H3,(H,26,29)(H,27,28,30). The summed E-state index contributed by atoms with van der Waals surface area (Å²) < 4.78 is 5.40. The molecule has 0 radical (unpaired) electrons. The Morgan fingerprint density at radius 1 is 1.15 bits per heavy atom. The fourth-order valence-electron chi connectivity index (χ4n) is 3.39. The Bertz CT molecular complexity index is 1310. The van der Waals surface area contributed by atoms with Crippen molar-refractivity contribution in [1.29, 1.82) is 0 Å². The Kier molecular flexibility index (Phi) is 7.15. The lowest BCUT2D eigenvalue weighted by molar-refractivity contribution is -0.113. The van der Waals surface area contributed by atoms with Gasteiger partial charge in [0, 0.05) is 16.6 Å². The maximum absolute atomic E-state index is 12.8. The number of aromatic nitrogens is 2. The average Bonchev–Trinajstić information content (AvgIpc) is 3.24. The molecule has 4 rings (SSSR count). The SMILES string of the molecule is CCOc1ccc(NC(=O)CSc2nc3scc(-c4ccc(C(C)C)cc4)c3c(=O)[nH]2)cc1. The molecule has 0 aliphatic heterocycles. The van der Waals surface area contributed by atoms with Crippen LogP contribution in [0.25, 0.3) is 21.3 Å². The number of carbonyl (C=O) groups is 1. The molecule has 0 atom stereocenters. The first kappa shape index (κ1) is 23.1. The van der Waals surface area contributed by atoms with Gasteiger partial charge in [0.05, 0.1) is 17.7 Å². The fraction of sp³-hybridized carbons (Fsp3) is 0.240. The van der Waals surface area contributed by atoms with Gasteiger partial charge in [-0.15, -0.1) is 11.3 Å². The largest absolute Gasteiger partial charge is 0.494 e. The number of nitrogens with one attached hydrogen (secondary N) is 2. The highest BCUT2D eigenvalue weighted by molar-refractivity contribution is 7.99. The predicted molar refractivity (Wildman–Crippen MR) is 137 cm³/mol. The molecule has 33 heavy (non-hydrogen) atoms. The maximum atomic E-state index is 12.8. The summed E-state index contributed by atoms with van der Waals surface area (Å²) in [5.74, 6) is 1.17. The van der Waals surface area contributed by atoms with E-state index in [1.807, 2.05) is 36.6 Å². The summed E-state index contributed by atoms with van der Waals surface area (Å²) in [7, 11) is 0. The van der Waals surface area contributed by atoms with Gasteiger partial charge in [-0.05, 0) is 48.2 Å². The molecule has 0 spiro atoms. The quantitative estimate of drug-likeness (QED) is 0.243. The molecule has 8 heteroatoms. The van der Waals surface area contributed by atoms with Crippen molar-refractivity contribution in [2.75, 3.05) is 17.7 Å². The Balaban J connectivity index is 1.45. The van der Waals surface area contributed by atoms with Gasteiger partial charge in [-0.3, -0.25) is 9.59 Å². The van der Waals surface area contributed by atoms with Crippen LogP contribution in [0.4, 0.5) is 5.69 Å². The molecule has 0 bridgehead atoms. The lowest BCUT2D eigenvalue weighted by Crippen LogP contribution is -2.15. The van der Waals surface area contributed by atoms with E-state index in [2.05, 4.69) is 41.3 Å². The second-order valence-electron chi connectivity index (χ2n) is 7.77. The summed E-state index contributed by atoms with van der Waals surface area (Å²) in [6.07, 6.45) is 0. The van der Waals surface area contributed by atoms with E-state index in [0.29, 0.717) is 33.6 Å². The Morgan fingerprint density at radius 3 is 2.55 bits per heavy atom. The van der Waals surface area contributed by atoms with E-state index >= 15 is 0 Å². The molecular formula is C25H25N3O3S2. The van der Waals surface area contributed by atoms with Crippen LogP contribution in [0.3, 0.4) is 0 Å². The monoisotopic (exact) mass is 479 g/mol. The molecule has 1 amide bonds. The molecule has 2 aromatic carbocycles. The number of thiophene rings is 1. The van der Waals surface area contributed by atoms with E-state index in [1.54, 1.807) is 12.1 Å². The molecule has 2 N–H and O–H groups in total. The number of hydrogen-bond donors (Lipinski definition) is 2. The highest BCUT2D eigenvalue weighted by atomic mass is 32.2. The highest BCUT2D eigenvalue weighted by Gasteiger charge is 2.14. The van der Waals surface area contributed by atoms with Crippen molar-refractivity contribution in [3.8, 4) is 16.9 Å². The van der Waals surface area contributed by atoms with Crippen molar-refractivity contribution in [2.45, 2.75) is 31.8 Å². The minimum absolute atomic E-state index is 0.135. The number of rotatable bonds is 8. The number of benzene rings is 2. The van der Waals surface area contributed by atoms with Crippen molar-refractivity contribution in [1.82, 2.24) is 9.97 Å². The van der Waals surface area contributed by atoms with Crippen LogP contribution in [0.5, 0.6) is 5.75 Å². The third-order valence-corrected chi connectivity index (χ3v) is 6.85. The third kappa shape index (κ3) is 5.46. The first-order valence-corrected chi connectivity index (χ1v) is 12.6. The van der Waals surface area contributed by atoms with Crippen LogP contribution in [-0.2, 0) is 4.79 Å². The molecular weight excluding hydrogens is 454 g/mol. The van der Waals surface area contributed by atoms with Gasteiger partial charge in [0.2, 0.25) is 5.91 Å². The Morgan fingerprint density at radius 2 is 1.88 bits per heavy atom. The summed E-state index contributed by atoms with van der Waals surface area (Å²) in [5, 5.41) is 5.81. The van der Waals surface area contributed by atoms with Crippen LogP contribution >= 0.6 is 23.1 Å². The Hall–Kier alpha value is -3.10. The van der Waals surface area contributed by atoms with Gasteiger partial charge in [0.25, 0.3) is 5.56 Å². The smallest absolute Gasteiger partial charge is 0.260 e. The second-order valence-corrected chi connectivity index (χ2v) is 9.59. The first-order valence-electron chi connectivity index (χ1n) is 10.7. The normalized spacial score (nSPS) is 11.2. The number of anilines is 1. The molecule has 2 aromatic heterocycles. The zero-order chi connectivity index (χ0) is 23.4. The van der Waals surface area contributed by atoms with Gasteiger partial charge in [-0.2, -0.15) is 0 Å². The van der Waals surface area contributed by atoms with Gasteiger partial charge >= 0.3 is 0 Å². The molecule has 4 aromatic rings. The zero-order valence-electron chi connectivity index (χ0n) is 18.7. The van der Waals surface area contributed by atoms with E-state index in [-0.39, 0.29) is 17.2 Å². The maximum Gasteiger partial charge on any atom is 0.260 e. The van der Waals surface area contributed by atoms with Crippen LogP contribution in [0.15, 0.2) is 63.9 Å². The van der Waals surface area contributed by atoms with Crippen molar-refractivity contribution >= 4 is 44.9 Å². The molecule has 2 heterocycles. The average molecular weight is 480 g/mol. The number of carbonyl (C=O) groups excluding carboxylic acids is 1. The van der Waals surface area contributed by atoms with Gasteiger partial charge in [-0.25, -0.2) is 4.98 Å². The molecule has 0 aliphatic carbocycles. The number of hydrogen-bond acceptors (Lipinski definition) is 6. The number of thioether (sulfide) groups is 1. The summed E-state index contributed by atoms with van der Waals surface area (Å²) >= 11 is 2.63. The van der Waals surface area contributed by atoms with E-state index in [1.165, 1.54) is 28.7 Å². The minimum atomic E-state index is -0.196. The number of nitrogens with zero attached hydrogens (tertiary/aromatic N) is 1. The van der Waals surface area contributed by atoms with Crippen LogP contribution in [0.1, 0.15) is 32.3 Å². The third-order valence-electron chi connectivity index (χ3n) is 5.10. The van der Waals surface area contributed by atoms with Crippen molar-refractivity contribution in [2.24, 2.45) is 0 Å². The van der Waals surface area contributed by atoms with E-state index in [4.69, 9.17) is 4.74 Å². The summed E-state index contributed by atoms with van der Waals surface area (Å²) in [6, 6.07) is 15.5. The summed E-state index contributed by atoms with van der Waals surface area (Å²) in [4.78, 5) is 33.2. The lowest BCUT2D eigenvalue weighted by Gasteiger charge is -2.07. The van der Waals surface area contributed by atoms with E-state index in [9.17, 15) is 9.59 Å². The number of ether oxygens (including phenoxy) is 1. The molecule has 0 fully saturated rings. The molecule has 170 valence electrons. The van der Waals surface area contributed by atoms with Crippen molar-refractivity contribution in [3.05, 3.63) is 69.8 Å². The van der Waals surface area contributed by atoms with Crippen LogP contribution in [-0.4, -0.2) is 28.2 Å². The minimum Gasteiger partial charge on any atom is -0.494 e. The van der Waals surface area contributed by atoms with Crippen molar-refractivity contribution in [3.63, 3.8) is 0 Å². The van der Waals surface area contributed by atoms with Crippen LogP contribution in [0.2, 0.25) is 0 Å². The number of fused-ring (bicyclic) bond motifs is 1. The number of amides is 1. The van der Waals surface area contributed by atoms with E-state index in [0.717, 1.165) is 16.9 Å². The topological polar surface area (TPSA) is 84.1 Å². The second kappa shape index (κ2) is 10.2. The molecule has 0 saturated heterocycles. The lowest BCUT2D eigenvalue weighted by atomic mass is 9.99.